The molecule has 1 aliphatic rings. The number of sulfonamides is 1. The zero-order valence-electron chi connectivity index (χ0n) is 16.2. The predicted molar refractivity (Wildman–Crippen MR) is 108 cm³/mol. The number of carboxylic acids is 1. The maximum Gasteiger partial charge on any atom is 0.305 e. The summed E-state index contributed by atoms with van der Waals surface area (Å²) in [5.41, 5.74) is 2.00. The van der Waals surface area contributed by atoms with Crippen LogP contribution in [-0.4, -0.2) is 42.8 Å². The summed E-state index contributed by atoms with van der Waals surface area (Å²) < 4.78 is 26.6. The lowest BCUT2D eigenvalue weighted by molar-refractivity contribution is -0.137. The lowest BCUT2D eigenvalue weighted by Gasteiger charge is -2.18. The summed E-state index contributed by atoms with van der Waals surface area (Å²) in [7, 11) is -3.54. The Morgan fingerprint density at radius 3 is 2.17 bits per heavy atom. The van der Waals surface area contributed by atoms with E-state index in [9.17, 15) is 23.1 Å². The fourth-order valence-electron chi connectivity index (χ4n) is 3.32. The highest BCUT2D eigenvalue weighted by Gasteiger charge is 2.27. The lowest BCUT2D eigenvalue weighted by atomic mass is 10.0. The Morgan fingerprint density at radius 2 is 1.62 bits per heavy atom. The van der Waals surface area contributed by atoms with Gasteiger partial charge in [0.05, 0.1) is 17.4 Å². The van der Waals surface area contributed by atoms with Gasteiger partial charge in [-0.25, -0.2) is 8.42 Å². The monoisotopic (exact) mass is 416 g/mol. The molecule has 0 bridgehead atoms. The number of amides is 1. The zero-order valence-corrected chi connectivity index (χ0v) is 17.0. The second kappa shape index (κ2) is 8.75. The third-order valence-corrected chi connectivity index (χ3v) is 6.90. The number of carbonyl (C=O) groups is 2. The Labute approximate surface area is 170 Å². The van der Waals surface area contributed by atoms with E-state index in [4.69, 9.17) is 0 Å². The van der Waals surface area contributed by atoms with Crippen LogP contribution in [0.5, 0.6) is 0 Å². The summed E-state index contributed by atoms with van der Waals surface area (Å²) in [5.74, 6) is -1.48. The van der Waals surface area contributed by atoms with Gasteiger partial charge in [0.1, 0.15) is 0 Å². The van der Waals surface area contributed by atoms with E-state index in [1.807, 2.05) is 19.1 Å². The van der Waals surface area contributed by atoms with Gasteiger partial charge in [-0.05, 0) is 49.6 Å². The van der Waals surface area contributed by atoms with Crippen LogP contribution in [-0.2, 0) is 14.8 Å². The van der Waals surface area contributed by atoms with E-state index in [0.717, 1.165) is 18.4 Å². The number of hydrogen-bond acceptors (Lipinski definition) is 4. The smallest absolute Gasteiger partial charge is 0.305 e. The molecule has 2 aromatic carbocycles. The Bertz CT molecular complexity index is 979. The van der Waals surface area contributed by atoms with Gasteiger partial charge in [0, 0.05) is 18.7 Å². The van der Waals surface area contributed by atoms with Crippen LogP contribution >= 0.6 is 0 Å². The summed E-state index contributed by atoms with van der Waals surface area (Å²) in [6, 6.07) is 12.3. The summed E-state index contributed by atoms with van der Waals surface area (Å²) in [6.07, 6.45) is 1.45. The highest BCUT2D eigenvalue weighted by Crippen LogP contribution is 2.22. The number of hydrogen-bond donors (Lipinski definition) is 2. The van der Waals surface area contributed by atoms with Crippen LogP contribution in [0, 0.1) is 6.92 Å². The van der Waals surface area contributed by atoms with E-state index in [2.05, 4.69) is 5.32 Å². The van der Waals surface area contributed by atoms with E-state index >= 15 is 0 Å². The molecule has 1 atom stereocenters. The van der Waals surface area contributed by atoms with Crippen LogP contribution in [0.4, 0.5) is 0 Å². The molecule has 0 radical (unpaired) electrons. The maximum absolute atomic E-state index is 12.6. The van der Waals surface area contributed by atoms with Crippen molar-refractivity contribution in [1.82, 2.24) is 9.62 Å². The second-order valence-corrected chi connectivity index (χ2v) is 9.11. The van der Waals surface area contributed by atoms with Gasteiger partial charge in [0.2, 0.25) is 10.0 Å². The fourth-order valence-corrected chi connectivity index (χ4v) is 4.84. The Balaban J connectivity index is 1.76. The fraction of sp³-hybridized carbons (Fsp3) is 0.333. The van der Waals surface area contributed by atoms with Crippen LogP contribution in [0.25, 0.3) is 0 Å². The first-order valence-corrected chi connectivity index (χ1v) is 10.9. The third kappa shape index (κ3) is 5.02. The summed E-state index contributed by atoms with van der Waals surface area (Å²) in [6.45, 7) is 2.95. The summed E-state index contributed by atoms with van der Waals surface area (Å²) in [4.78, 5) is 24.0. The molecule has 8 heteroatoms. The first-order chi connectivity index (χ1) is 13.8. The van der Waals surface area contributed by atoms with Crippen molar-refractivity contribution in [3.05, 3.63) is 65.2 Å². The van der Waals surface area contributed by atoms with Gasteiger partial charge >= 0.3 is 5.97 Å². The van der Waals surface area contributed by atoms with Crippen molar-refractivity contribution in [3.63, 3.8) is 0 Å². The van der Waals surface area contributed by atoms with Crippen LogP contribution in [0.3, 0.4) is 0 Å². The molecule has 0 aliphatic carbocycles. The highest BCUT2D eigenvalue weighted by molar-refractivity contribution is 7.89. The number of carbonyl (C=O) groups excluding carboxylic acids is 1. The van der Waals surface area contributed by atoms with Crippen molar-refractivity contribution < 1.29 is 23.1 Å². The molecule has 0 spiro atoms. The Hall–Kier alpha value is -2.71. The topological polar surface area (TPSA) is 104 Å². The molecular formula is C21H24N2O5S. The molecule has 2 aromatic rings. The first-order valence-electron chi connectivity index (χ1n) is 9.47. The molecule has 1 fully saturated rings. The zero-order chi connectivity index (χ0) is 21.0. The molecule has 1 aliphatic heterocycles. The van der Waals surface area contributed by atoms with Crippen molar-refractivity contribution in [2.45, 2.75) is 37.1 Å². The van der Waals surface area contributed by atoms with Gasteiger partial charge in [-0.2, -0.15) is 4.31 Å². The molecule has 29 heavy (non-hydrogen) atoms. The standard InChI is InChI=1S/C21H24N2O5S/c1-15-4-6-16(7-5-15)19(14-20(24)25)22-21(26)17-8-10-18(11-9-17)29(27,28)23-12-2-3-13-23/h4-11,19H,2-3,12-14H2,1H3,(H,22,26)(H,24,25)/t19-/m1/s1. The third-order valence-electron chi connectivity index (χ3n) is 4.98. The number of rotatable bonds is 7. The minimum atomic E-state index is -3.54. The number of nitrogens with one attached hydrogen (secondary N) is 1. The molecule has 3 rings (SSSR count). The quantitative estimate of drug-likeness (QED) is 0.722. The summed E-state index contributed by atoms with van der Waals surface area (Å²) >= 11 is 0. The molecule has 1 saturated heterocycles. The molecule has 0 unspecified atom stereocenters. The largest absolute Gasteiger partial charge is 0.481 e. The number of benzene rings is 2. The Kier molecular flexibility index (Phi) is 6.34. The molecule has 7 nitrogen and oxygen atoms in total. The van der Waals surface area contributed by atoms with Crippen LogP contribution < -0.4 is 5.32 Å². The van der Waals surface area contributed by atoms with Crippen molar-refractivity contribution in [3.8, 4) is 0 Å². The molecule has 2 N–H and O–H groups in total. The van der Waals surface area contributed by atoms with Crippen molar-refractivity contribution >= 4 is 21.9 Å². The molecule has 154 valence electrons. The van der Waals surface area contributed by atoms with Crippen molar-refractivity contribution in [1.29, 1.82) is 0 Å². The number of aryl methyl sites for hydroxylation is 1. The van der Waals surface area contributed by atoms with Gasteiger partial charge < -0.3 is 10.4 Å². The minimum Gasteiger partial charge on any atom is -0.481 e. The van der Waals surface area contributed by atoms with Gasteiger partial charge in [-0.15, -0.1) is 0 Å². The number of aliphatic carboxylic acids is 1. The molecule has 1 amide bonds. The maximum atomic E-state index is 12.6. The van der Waals surface area contributed by atoms with Gasteiger partial charge in [-0.1, -0.05) is 29.8 Å². The van der Waals surface area contributed by atoms with E-state index < -0.39 is 27.9 Å². The average molecular weight is 416 g/mol. The average Bonchev–Trinajstić information content (AvgIpc) is 3.23. The highest BCUT2D eigenvalue weighted by atomic mass is 32.2. The Morgan fingerprint density at radius 1 is 1.03 bits per heavy atom. The normalized spacial score (nSPS) is 15.8. The first kappa shape index (κ1) is 21.0. The summed E-state index contributed by atoms with van der Waals surface area (Å²) in [5, 5.41) is 11.9. The molecular weight excluding hydrogens is 392 g/mol. The van der Waals surface area contributed by atoms with E-state index in [0.29, 0.717) is 18.7 Å². The van der Waals surface area contributed by atoms with Crippen molar-refractivity contribution in [2.24, 2.45) is 0 Å². The van der Waals surface area contributed by atoms with Gasteiger partial charge in [-0.3, -0.25) is 9.59 Å². The van der Waals surface area contributed by atoms with Crippen LogP contribution in [0.15, 0.2) is 53.4 Å². The lowest BCUT2D eigenvalue weighted by Crippen LogP contribution is -2.30. The minimum absolute atomic E-state index is 0.150. The van der Waals surface area contributed by atoms with Crippen molar-refractivity contribution in [2.75, 3.05) is 13.1 Å². The predicted octanol–water partition coefficient (Wildman–Crippen LogP) is 2.73. The SMILES string of the molecule is Cc1ccc([C@@H](CC(=O)O)NC(=O)c2ccc(S(=O)(=O)N3CCCC3)cc2)cc1. The van der Waals surface area contributed by atoms with Crippen LogP contribution in [0.1, 0.15) is 46.8 Å². The molecule has 1 heterocycles. The van der Waals surface area contributed by atoms with Gasteiger partial charge in [0.15, 0.2) is 0 Å². The molecule has 0 aromatic heterocycles. The van der Waals surface area contributed by atoms with E-state index in [1.165, 1.54) is 28.6 Å². The van der Waals surface area contributed by atoms with E-state index in [-0.39, 0.29) is 16.9 Å². The molecule has 0 saturated carbocycles. The second-order valence-electron chi connectivity index (χ2n) is 7.17. The number of carboxylic acid groups (broad SMARTS) is 1. The van der Waals surface area contributed by atoms with Crippen LogP contribution in [0.2, 0.25) is 0 Å². The number of nitrogens with zero attached hydrogens (tertiary/aromatic N) is 1. The van der Waals surface area contributed by atoms with E-state index in [1.54, 1.807) is 12.1 Å². The van der Waals surface area contributed by atoms with Gasteiger partial charge in [0.25, 0.3) is 5.91 Å².